The molecule has 0 bridgehead atoms. The van der Waals surface area contributed by atoms with Gasteiger partial charge in [-0.05, 0) is 29.8 Å². The second-order valence-corrected chi connectivity index (χ2v) is 3.78. The van der Waals surface area contributed by atoms with Crippen molar-refractivity contribution in [2.24, 2.45) is 5.73 Å². The third kappa shape index (κ3) is 2.99. The van der Waals surface area contributed by atoms with E-state index in [9.17, 15) is 4.39 Å². The number of methoxy groups -OCH3 is 1. The van der Waals surface area contributed by atoms with Gasteiger partial charge in [0, 0.05) is 18.7 Å². The molecule has 0 spiro atoms. The van der Waals surface area contributed by atoms with Gasteiger partial charge >= 0.3 is 0 Å². The molecule has 2 N–H and O–H groups in total. The largest absolute Gasteiger partial charge is 0.497 e. The summed E-state index contributed by atoms with van der Waals surface area (Å²) in [5, 5.41) is 0. The van der Waals surface area contributed by atoms with E-state index in [-0.39, 0.29) is 12.4 Å². The maximum absolute atomic E-state index is 13.3. The lowest BCUT2D eigenvalue weighted by molar-refractivity contribution is 0.408. The van der Waals surface area contributed by atoms with E-state index in [0.717, 1.165) is 0 Å². The highest BCUT2D eigenvalue weighted by atomic mass is 19.1. The van der Waals surface area contributed by atoms with Gasteiger partial charge in [-0.1, -0.05) is 6.07 Å². The van der Waals surface area contributed by atoms with Gasteiger partial charge in [0.05, 0.1) is 7.11 Å². The van der Waals surface area contributed by atoms with E-state index in [1.165, 1.54) is 12.1 Å². The van der Waals surface area contributed by atoms with Crippen LogP contribution in [0.5, 0.6) is 17.2 Å². The van der Waals surface area contributed by atoms with Crippen LogP contribution in [0.4, 0.5) is 4.39 Å². The third-order valence-electron chi connectivity index (χ3n) is 2.44. The quantitative estimate of drug-likeness (QED) is 0.903. The average Bonchev–Trinajstić information content (AvgIpc) is 2.38. The number of hydrogen-bond acceptors (Lipinski definition) is 3. The van der Waals surface area contributed by atoms with Crippen molar-refractivity contribution < 1.29 is 13.9 Å². The fraction of sp³-hybridized carbons (Fsp3) is 0.143. The van der Waals surface area contributed by atoms with Crippen molar-refractivity contribution in [1.82, 2.24) is 0 Å². The smallest absolute Gasteiger partial charge is 0.131 e. The minimum atomic E-state index is -0.365. The normalized spacial score (nSPS) is 10.2. The molecular formula is C14H14FNO2. The molecule has 0 atom stereocenters. The maximum Gasteiger partial charge on any atom is 0.131 e. The monoisotopic (exact) mass is 247 g/mol. The summed E-state index contributed by atoms with van der Waals surface area (Å²) in [6.45, 7) is 0.270. The van der Waals surface area contributed by atoms with Crippen LogP contribution in [0, 0.1) is 5.82 Å². The summed E-state index contributed by atoms with van der Waals surface area (Å²) in [7, 11) is 1.58. The fourth-order valence-corrected chi connectivity index (χ4v) is 1.60. The van der Waals surface area contributed by atoms with Gasteiger partial charge in [0.2, 0.25) is 0 Å². The zero-order valence-electron chi connectivity index (χ0n) is 10.0. The first kappa shape index (κ1) is 12.4. The Hall–Kier alpha value is -2.07. The van der Waals surface area contributed by atoms with Crippen molar-refractivity contribution in [2.75, 3.05) is 7.11 Å². The van der Waals surface area contributed by atoms with Crippen LogP contribution in [-0.2, 0) is 6.54 Å². The zero-order valence-corrected chi connectivity index (χ0v) is 10.0. The van der Waals surface area contributed by atoms with E-state index >= 15 is 0 Å². The molecule has 2 aromatic carbocycles. The van der Waals surface area contributed by atoms with Gasteiger partial charge in [-0.15, -0.1) is 0 Å². The van der Waals surface area contributed by atoms with E-state index in [1.807, 2.05) is 6.07 Å². The van der Waals surface area contributed by atoms with E-state index in [0.29, 0.717) is 22.8 Å². The van der Waals surface area contributed by atoms with Gasteiger partial charge in [0.15, 0.2) is 0 Å². The Morgan fingerprint density at radius 2 is 1.83 bits per heavy atom. The van der Waals surface area contributed by atoms with Gasteiger partial charge in [0.25, 0.3) is 0 Å². The first-order valence-corrected chi connectivity index (χ1v) is 5.52. The van der Waals surface area contributed by atoms with E-state index < -0.39 is 0 Å². The van der Waals surface area contributed by atoms with Crippen LogP contribution < -0.4 is 15.2 Å². The van der Waals surface area contributed by atoms with Crippen molar-refractivity contribution in [3.8, 4) is 17.2 Å². The topological polar surface area (TPSA) is 44.5 Å². The Bertz CT molecular complexity index is 543. The lowest BCUT2D eigenvalue weighted by atomic mass is 10.2. The molecule has 0 heterocycles. The van der Waals surface area contributed by atoms with Crippen LogP contribution >= 0.6 is 0 Å². The van der Waals surface area contributed by atoms with Crippen molar-refractivity contribution in [3.05, 3.63) is 53.8 Å². The standard InChI is InChI=1S/C14H14FNO2/c1-17-12-3-2-4-13(8-12)18-14-6-10(9-16)5-11(15)7-14/h2-8H,9,16H2,1H3. The van der Waals surface area contributed by atoms with Crippen molar-refractivity contribution >= 4 is 0 Å². The maximum atomic E-state index is 13.3. The summed E-state index contributed by atoms with van der Waals surface area (Å²) in [5.74, 6) is 1.32. The van der Waals surface area contributed by atoms with Crippen LogP contribution in [0.15, 0.2) is 42.5 Å². The molecule has 0 aliphatic carbocycles. The molecule has 2 aromatic rings. The van der Waals surface area contributed by atoms with Gasteiger partial charge < -0.3 is 15.2 Å². The molecule has 4 heteroatoms. The van der Waals surface area contributed by atoms with Crippen LogP contribution in [0.25, 0.3) is 0 Å². The minimum absolute atomic E-state index is 0.270. The Labute approximate surface area is 105 Å². The molecule has 2 rings (SSSR count). The number of halogens is 1. The third-order valence-corrected chi connectivity index (χ3v) is 2.44. The van der Waals surface area contributed by atoms with Gasteiger partial charge in [-0.2, -0.15) is 0 Å². The Morgan fingerprint density at radius 3 is 2.56 bits per heavy atom. The second kappa shape index (κ2) is 5.51. The molecular weight excluding hydrogens is 233 g/mol. The molecule has 18 heavy (non-hydrogen) atoms. The second-order valence-electron chi connectivity index (χ2n) is 3.78. The van der Waals surface area contributed by atoms with Gasteiger partial charge in [0.1, 0.15) is 23.1 Å². The predicted octanol–water partition coefficient (Wildman–Crippen LogP) is 3.09. The molecule has 94 valence electrons. The first-order valence-electron chi connectivity index (χ1n) is 5.52. The number of nitrogens with two attached hydrogens (primary N) is 1. The average molecular weight is 247 g/mol. The molecule has 3 nitrogen and oxygen atoms in total. The lowest BCUT2D eigenvalue weighted by Gasteiger charge is -2.08. The summed E-state index contributed by atoms with van der Waals surface area (Å²) in [6.07, 6.45) is 0. The molecule has 0 aliphatic rings. The predicted molar refractivity (Wildman–Crippen MR) is 67.4 cm³/mol. The zero-order chi connectivity index (χ0) is 13.0. The number of ether oxygens (including phenoxy) is 2. The van der Waals surface area contributed by atoms with Gasteiger partial charge in [-0.3, -0.25) is 0 Å². The summed E-state index contributed by atoms with van der Waals surface area (Å²) < 4.78 is 24.0. The van der Waals surface area contributed by atoms with E-state index in [1.54, 1.807) is 31.4 Å². The van der Waals surface area contributed by atoms with Crippen LogP contribution in [-0.4, -0.2) is 7.11 Å². The molecule has 0 saturated heterocycles. The molecule has 0 aliphatic heterocycles. The van der Waals surface area contributed by atoms with Crippen molar-refractivity contribution in [1.29, 1.82) is 0 Å². The summed E-state index contributed by atoms with van der Waals surface area (Å²) >= 11 is 0. The lowest BCUT2D eigenvalue weighted by Crippen LogP contribution is -1.97. The van der Waals surface area contributed by atoms with Gasteiger partial charge in [-0.25, -0.2) is 4.39 Å². The Morgan fingerprint density at radius 1 is 1.06 bits per heavy atom. The Kier molecular flexibility index (Phi) is 3.79. The highest BCUT2D eigenvalue weighted by molar-refractivity contribution is 5.38. The number of benzene rings is 2. The van der Waals surface area contributed by atoms with Crippen molar-refractivity contribution in [2.45, 2.75) is 6.54 Å². The fourth-order valence-electron chi connectivity index (χ4n) is 1.60. The number of hydrogen-bond donors (Lipinski definition) is 1. The van der Waals surface area contributed by atoms with Crippen LogP contribution in [0.1, 0.15) is 5.56 Å². The molecule has 0 fully saturated rings. The molecule has 0 amide bonds. The number of rotatable bonds is 4. The summed E-state index contributed by atoms with van der Waals surface area (Å²) in [5.41, 5.74) is 6.17. The first-order chi connectivity index (χ1) is 8.71. The highest BCUT2D eigenvalue weighted by Crippen LogP contribution is 2.26. The van der Waals surface area contributed by atoms with Crippen LogP contribution in [0.3, 0.4) is 0 Å². The molecule has 0 aromatic heterocycles. The molecule has 0 saturated carbocycles. The highest BCUT2D eigenvalue weighted by Gasteiger charge is 2.03. The van der Waals surface area contributed by atoms with Crippen molar-refractivity contribution in [3.63, 3.8) is 0 Å². The van der Waals surface area contributed by atoms with E-state index in [2.05, 4.69) is 0 Å². The summed E-state index contributed by atoms with van der Waals surface area (Å²) in [4.78, 5) is 0. The SMILES string of the molecule is COc1cccc(Oc2cc(F)cc(CN)c2)c1. The minimum Gasteiger partial charge on any atom is -0.497 e. The molecule has 0 radical (unpaired) electrons. The summed E-state index contributed by atoms with van der Waals surface area (Å²) in [6, 6.07) is 11.5. The van der Waals surface area contributed by atoms with Crippen LogP contribution in [0.2, 0.25) is 0 Å². The Balaban J connectivity index is 2.24. The van der Waals surface area contributed by atoms with E-state index in [4.69, 9.17) is 15.2 Å². The molecule has 0 unspecified atom stereocenters.